The standard InChI is InChI=1S/C86H106N18O16S2/c1-49(87-9)75(105)93-73(85(3,4)5)83(113)101-45-61-41-71(101)81(111)91-67(39-53-19-25-55-15-11-13-17-57(55)35-53)77(107)89-69(79(109)97-121(115,116)65-31-32-65)37-51-23-29-64(30-24-51)120-48-60-44-104(100-96-60)62-42-72(102(46-62)84(114)74(86(6,7)8)94-76(106)50(2)88-10)82(112)92-68(40-54-20-26-56-16-12-14-18-58(56)36-54)78(108)90-70(80(110)98-122(117,118)66-33-34-66)38-52-21-27-63(28-22-52)119-47-59-43-103(61)99-95-59/h11-30,35-36,43-44,49-50,61-62,65-74,87-88H,31-34,37-42,45-48H2,1-10H3,(H,89,107)(H,90,108)(H,91,111)(H,92,112)(H,93,105)(H,94,106)(H,97,109)(H,98,110)/t49-,50-,61-,62-,67-,68-,69-,70-,71-,72-,73+,74+/m0/s1. The molecule has 10 N–H and O–H groups in total. The Morgan fingerprint density at radius 3 is 1.19 bits per heavy atom. The lowest BCUT2D eigenvalue weighted by Gasteiger charge is -2.36. The molecule has 4 fully saturated rings. The number of rotatable bonds is 18. The van der Waals surface area contributed by atoms with E-state index in [1.54, 1.807) is 143 Å². The fourth-order valence-electron chi connectivity index (χ4n) is 15.2. The molecule has 34 nitrogen and oxygen atoms in total. The molecule has 122 heavy (non-hydrogen) atoms. The smallest absolute Gasteiger partial charge is 0.256 e. The third-order valence-electron chi connectivity index (χ3n) is 23.0. The van der Waals surface area contributed by atoms with Gasteiger partial charge in [-0.05, 0) is 133 Å². The van der Waals surface area contributed by atoms with Gasteiger partial charge in [0.15, 0.2) is 0 Å². The van der Waals surface area contributed by atoms with Gasteiger partial charge in [-0.2, -0.15) is 0 Å². The third kappa shape index (κ3) is 21.6. The molecule has 0 radical (unpaired) electrons. The molecule has 8 aromatic rings. The van der Waals surface area contributed by atoms with Crippen molar-refractivity contribution in [3.8, 4) is 11.5 Å². The number of ether oxygens (including phenoxy) is 2. The summed E-state index contributed by atoms with van der Waals surface area (Å²) >= 11 is 0. The molecule has 2 saturated carbocycles. The van der Waals surface area contributed by atoms with Gasteiger partial charge in [-0.15, -0.1) is 10.2 Å². The SMILES string of the molecule is CN[C@@H](C)C(=O)N[C@H](C(=O)N1C[C@@H]2C[C@H]1C(=O)N[C@@H](Cc1ccc3ccccc3c1)C(=O)N[C@H](C(=O)NS(=O)(=O)C1CC1)Cc1ccc(cc1)OCc1cn(nn1)[C@H]1C[C@@H](C(=O)N[C@@H](Cc3ccc4ccccc4c3)C(=O)N[C@H](C(=O)NS(=O)(=O)C3CC3)Cc3ccc(cc3)OCc3cn2nn3)N(C(=O)[C@@H](NC(=O)[C@H](C)NC)C(C)(C)C)C1)C(C)(C)C. The van der Waals surface area contributed by atoms with Crippen molar-refractivity contribution < 1.29 is 74.3 Å². The lowest BCUT2D eigenvalue weighted by atomic mass is 9.85. The molecule has 12 atom stereocenters. The first-order chi connectivity index (χ1) is 58.0. The number of aromatic nitrogens is 6. The first-order valence-corrected chi connectivity index (χ1v) is 44.2. The summed E-state index contributed by atoms with van der Waals surface area (Å²) in [5.41, 5.74) is 0.780. The molecular weight excluding hydrogens is 1610 g/mol. The second kappa shape index (κ2) is 36.9. The van der Waals surface area contributed by atoms with Crippen LogP contribution in [0.5, 0.6) is 11.5 Å². The topological polar surface area (TPSA) is 446 Å². The van der Waals surface area contributed by atoms with E-state index >= 15 is 28.8 Å². The van der Waals surface area contributed by atoms with Crippen LogP contribution >= 0.6 is 0 Å². The summed E-state index contributed by atoms with van der Waals surface area (Å²) in [6.07, 6.45) is 3.37. The summed E-state index contributed by atoms with van der Waals surface area (Å²) in [6.45, 7) is 13.2. The molecule has 2 aliphatic carbocycles. The predicted octanol–water partition coefficient (Wildman–Crippen LogP) is 3.34. The van der Waals surface area contributed by atoms with Gasteiger partial charge in [0.2, 0.25) is 67.3 Å². The van der Waals surface area contributed by atoms with Crippen molar-refractivity contribution in [2.24, 2.45) is 10.8 Å². The van der Waals surface area contributed by atoms with Crippen molar-refractivity contribution in [2.45, 2.75) is 216 Å². The minimum absolute atomic E-state index is 0.0965. The van der Waals surface area contributed by atoms with Gasteiger partial charge in [-0.1, -0.05) is 161 Å². The Labute approximate surface area is 707 Å². The Balaban J connectivity index is 0.858. The number of hydrogen-bond acceptors (Lipinski definition) is 22. The monoisotopic (exact) mass is 1710 g/mol. The number of carbonyl (C=O) groups excluding carboxylic acids is 10. The van der Waals surface area contributed by atoms with Crippen LogP contribution in [-0.2, 0) is 107 Å². The van der Waals surface area contributed by atoms with Gasteiger partial charge in [-0.25, -0.2) is 26.2 Å². The van der Waals surface area contributed by atoms with Gasteiger partial charge >= 0.3 is 0 Å². The average molecular weight is 1710 g/mol. The first kappa shape index (κ1) is 88.0. The summed E-state index contributed by atoms with van der Waals surface area (Å²) in [4.78, 5) is 152. The summed E-state index contributed by atoms with van der Waals surface area (Å²) in [5, 5.41) is 42.5. The number of nitrogens with one attached hydrogen (secondary N) is 10. The van der Waals surface area contributed by atoms with Gasteiger partial charge in [0.25, 0.3) is 11.8 Å². The number of amides is 10. The Morgan fingerprint density at radius 2 is 0.844 bits per heavy atom. The molecule has 0 unspecified atom stereocenters. The molecule has 36 heteroatoms. The summed E-state index contributed by atoms with van der Waals surface area (Å²) in [7, 11) is -5.21. The van der Waals surface area contributed by atoms with Gasteiger partial charge in [-0.3, -0.25) is 57.4 Å². The van der Waals surface area contributed by atoms with Crippen molar-refractivity contribution in [2.75, 3.05) is 27.2 Å². The zero-order valence-corrected chi connectivity index (χ0v) is 71.4. The minimum Gasteiger partial charge on any atom is -0.487 e. The summed E-state index contributed by atoms with van der Waals surface area (Å²) in [6, 6.07) is 24.7. The molecule has 10 amide bonds. The fraction of sp³-hybridized carbons (Fsp3) is 0.465. The Hall–Kier alpha value is -11.8. The minimum atomic E-state index is -4.20. The molecule has 6 aromatic carbocycles. The van der Waals surface area contributed by atoms with Crippen LogP contribution in [0.3, 0.4) is 0 Å². The molecule has 0 spiro atoms. The van der Waals surface area contributed by atoms with Crippen LogP contribution in [0, 0.1) is 10.8 Å². The van der Waals surface area contributed by atoms with Crippen molar-refractivity contribution in [3.05, 3.63) is 179 Å². The molecule has 2 saturated heterocycles. The highest BCUT2D eigenvalue weighted by molar-refractivity contribution is 7.91. The van der Waals surface area contributed by atoms with Crippen LogP contribution in [0.25, 0.3) is 21.5 Å². The number of likely N-dealkylation sites (tertiary alicyclic amines) is 2. The van der Waals surface area contributed by atoms with Crippen LogP contribution in [0.4, 0.5) is 0 Å². The van der Waals surface area contributed by atoms with Gasteiger partial charge in [0.05, 0.1) is 47.1 Å². The van der Waals surface area contributed by atoms with E-state index in [1.807, 2.05) is 72.8 Å². The van der Waals surface area contributed by atoms with Crippen LogP contribution < -0.4 is 61.5 Å². The highest BCUT2D eigenvalue weighted by atomic mass is 32.2. The quantitative estimate of drug-likeness (QED) is 0.0589. The normalized spacial score (nSPS) is 22.1. The van der Waals surface area contributed by atoms with Gasteiger partial charge in [0.1, 0.15) is 84.4 Å². The van der Waals surface area contributed by atoms with Crippen LogP contribution in [-0.4, -0.2) is 214 Å². The molecular formula is C86H106N18O16S2. The number of benzene rings is 6. The number of fused-ring (bicyclic) bond motifs is 2. The molecule has 648 valence electrons. The van der Waals surface area contributed by atoms with E-state index in [-0.39, 0.29) is 64.8 Å². The van der Waals surface area contributed by atoms with Crippen LogP contribution in [0.15, 0.2) is 146 Å². The predicted molar refractivity (Wildman–Crippen MR) is 450 cm³/mol. The Morgan fingerprint density at radius 1 is 0.484 bits per heavy atom. The van der Waals surface area contributed by atoms with Gasteiger partial charge in [0, 0.05) is 51.6 Å². The van der Waals surface area contributed by atoms with Crippen LogP contribution in [0.2, 0.25) is 0 Å². The van der Waals surface area contributed by atoms with E-state index in [4.69, 9.17) is 9.47 Å². The maximum Gasteiger partial charge on any atom is 0.256 e. The number of likely N-dealkylation sites (N-methyl/N-ethyl adjacent to an activating group) is 2. The second-order valence-electron chi connectivity index (χ2n) is 34.5. The zero-order valence-electron chi connectivity index (χ0n) is 69.8. The largest absolute Gasteiger partial charge is 0.487 e. The maximum absolute atomic E-state index is 15.6. The lowest BCUT2D eigenvalue weighted by molar-refractivity contribution is -0.144. The lowest BCUT2D eigenvalue weighted by Crippen LogP contribution is -2.61. The number of sulfonamides is 2. The van der Waals surface area contributed by atoms with E-state index < -0.39 is 173 Å². The van der Waals surface area contributed by atoms with Crippen LogP contribution in [0.1, 0.15) is 140 Å². The molecule has 12 bridgehead atoms. The van der Waals surface area contributed by atoms with E-state index in [0.717, 1.165) is 21.5 Å². The van der Waals surface area contributed by atoms with Crippen molar-refractivity contribution in [3.63, 3.8) is 0 Å². The van der Waals surface area contributed by atoms with Crippen molar-refractivity contribution >= 4 is 101 Å². The van der Waals surface area contributed by atoms with E-state index in [1.165, 1.54) is 19.2 Å². The van der Waals surface area contributed by atoms with E-state index in [0.29, 0.717) is 70.8 Å². The third-order valence-corrected chi connectivity index (χ3v) is 26.7. The van der Waals surface area contributed by atoms with Gasteiger partial charge < -0.3 is 61.8 Å². The molecule has 6 aliphatic heterocycles. The Kier molecular flexibility index (Phi) is 26.6. The summed E-state index contributed by atoms with van der Waals surface area (Å²) in [5.74, 6) is -7.04. The molecule has 2 aromatic heterocycles. The first-order valence-electron chi connectivity index (χ1n) is 41.1. The van der Waals surface area contributed by atoms with E-state index in [2.05, 4.69) is 72.6 Å². The molecule has 8 aliphatic rings. The fourth-order valence-corrected chi connectivity index (χ4v) is 17.9. The summed E-state index contributed by atoms with van der Waals surface area (Å²) < 4.78 is 74.2. The van der Waals surface area contributed by atoms with Crippen molar-refractivity contribution in [1.82, 2.24) is 91.8 Å². The molecule has 8 heterocycles. The number of nitrogens with zero attached hydrogens (tertiary/aromatic N) is 8. The van der Waals surface area contributed by atoms with E-state index in [9.17, 15) is 36.0 Å². The molecule has 16 rings (SSSR count). The van der Waals surface area contributed by atoms with Crippen molar-refractivity contribution in [1.29, 1.82) is 0 Å². The number of hydrogen-bond donors (Lipinski definition) is 10. The maximum atomic E-state index is 15.6. The highest BCUT2D eigenvalue weighted by Crippen LogP contribution is 2.36. The highest BCUT2D eigenvalue weighted by Gasteiger charge is 2.50. The second-order valence-corrected chi connectivity index (χ2v) is 38.4. The Bertz CT molecular complexity index is 5160. The number of carbonyl (C=O) groups is 10. The average Bonchev–Trinajstić information content (AvgIpc) is 1.64. The zero-order chi connectivity index (χ0) is 87.3.